The molecule has 0 aliphatic carbocycles. The molecule has 0 saturated heterocycles. The maximum absolute atomic E-state index is 12.1. The van der Waals surface area contributed by atoms with Gasteiger partial charge in [0.2, 0.25) is 5.91 Å². The van der Waals surface area contributed by atoms with Crippen molar-refractivity contribution in [3.8, 4) is 5.75 Å². The maximum Gasteiger partial charge on any atom is 0.224 e. The van der Waals surface area contributed by atoms with Crippen molar-refractivity contribution in [3.05, 3.63) is 95.0 Å². The number of nitrogens with one attached hydrogen (secondary N) is 1. The Kier molecular flexibility index (Phi) is 7.42. The van der Waals surface area contributed by atoms with Crippen LogP contribution in [-0.2, 0) is 11.4 Å². The lowest BCUT2D eigenvalue weighted by Gasteiger charge is -2.09. The first kappa shape index (κ1) is 20.6. The summed E-state index contributed by atoms with van der Waals surface area (Å²) in [6.07, 6.45) is 1.17. The summed E-state index contributed by atoms with van der Waals surface area (Å²) in [6.45, 7) is 0.443. The average Bonchev–Trinajstić information content (AvgIpc) is 2.75. The molecule has 0 aliphatic heterocycles. The van der Waals surface area contributed by atoms with E-state index in [0.29, 0.717) is 47.9 Å². The first-order valence-electron chi connectivity index (χ1n) is 9.45. The molecule has 5 heteroatoms. The van der Waals surface area contributed by atoms with Crippen LogP contribution >= 0.6 is 11.6 Å². The van der Waals surface area contributed by atoms with Gasteiger partial charge in [0.1, 0.15) is 12.4 Å². The van der Waals surface area contributed by atoms with E-state index in [2.05, 4.69) is 5.32 Å². The summed E-state index contributed by atoms with van der Waals surface area (Å²) in [5, 5.41) is 3.54. The van der Waals surface area contributed by atoms with E-state index in [0.717, 1.165) is 5.56 Å². The molecule has 0 aromatic heterocycles. The van der Waals surface area contributed by atoms with Crippen LogP contribution in [0.15, 0.2) is 78.9 Å². The van der Waals surface area contributed by atoms with E-state index in [1.54, 1.807) is 24.3 Å². The molecule has 0 fully saturated rings. The van der Waals surface area contributed by atoms with Crippen LogP contribution in [0.3, 0.4) is 0 Å². The fourth-order valence-corrected chi connectivity index (χ4v) is 2.91. The number of ketones is 1. The van der Waals surface area contributed by atoms with Gasteiger partial charge in [0.15, 0.2) is 5.78 Å². The number of ether oxygens (including phenoxy) is 1. The van der Waals surface area contributed by atoms with Crippen molar-refractivity contribution in [3.63, 3.8) is 0 Å². The third kappa shape index (κ3) is 6.77. The van der Waals surface area contributed by atoms with Gasteiger partial charge in [-0.1, -0.05) is 54.1 Å². The molecule has 148 valence electrons. The van der Waals surface area contributed by atoms with E-state index in [1.807, 2.05) is 54.6 Å². The Bertz CT molecular complexity index is 938. The molecule has 0 radical (unpaired) electrons. The first-order chi connectivity index (χ1) is 14.1. The summed E-state index contributed by atoms with van der Waals surface area (Å²) in [4.78, 5) is 24.1. The third-order valence-corrected chi connectivity index (χ3v) is 4.61. The van der Waals surface area contributed by atoms with E-state index in [4.69, 9.17) is 16.3 Å². The summed E-state index contributed by atoms with van der Waals surface area (Å²) in [5.74, 6) is 0.660. The van der Waals surface area contributed by atoms with Crippen molar-refractivity contribution in [2.75, 3.05) is 5.32 Å². The molecule has 3 aromatic rings. The first-order valence-corrected chi connectivity index (χ1v) is 9.83. The molecule has 3 rings (SSSR count). The monoisotopic (exact) mass is 407 g/mol. The summed E-state index contributed by atoms with van der Waals surface area (Å²) >= 11 is 5.87. The summed E-state index contributed by atoms with van der Waals surface area (Å²) < 4.78 is 5.73. The van der Waals surface area contributed by atoms with Gasteiger partial charge in [-0.05, 0) is 48.4 Å². The number of halogens is 1. The lowest BCUT2D eigenvalue weighted by atomic mass is 10.1. The standard InChI is InChI=1S/C24H22ClNO3/c25-20-11-9-18(10-12-20)17-29-22-15-13-21(14-16-22)26-24(28)8-4-7-23(27)19-5-2-1-3-6-19/h1-3,5-6,9-16H,4,7-8,17H2,(H,26,28). The Morgan fingerprint density at radius 2 is 1.52 bits per heavy atom. The average molecular weight is 408 g/mol. The van der Waals surface area contributed by atoms with Gasteiger partial charge in [0, 0.05) is 29.1 Å². The summed E-state index contributed by atoms with van der Waals surface area (Å²) in [6, 6.07) is 23.8. The van der Waals surface area contributed by atoms with E-state index in [9.17, 15) is 9.59 Å². The lowest BCUT2D eigenvalue weighted by molar-refractivity contribution is -0.116. The highest BCUT2D eigenvalue weighted by Gasteiger charge is 2.08. The van der Waals surface area contributed by atoms with Gasteiger partial charge < -0.3 is 10.1 Å². The molecule has 1 N–H and O–H groups in total. The lowest BCUT2D eigenvalue weighted by Crippen LogP contribution is -2.12. The van der Waals surface area contributed by atoms with E-state index in [1.165, 1.54) is 0 Å². The molecule has 0 heterocycles. The van der Waals surface area contributed by atoms with Crippen molar-refractivity contribution in [1.29, 1.82) is 0 Å². The topological polar surface area (TPSA) is 55.4 Å². The van der Waals surface area contributed by atoms with Crippen LogP contribution < -0.4 is 10.1 Å². The number of hydrogen-bond donors (Lipinski definition) is 1. The zero-order chi connectivity index (χ0) is 20.5. The molecular weight excluding hydrogens is 386 g/mol. The fourth-order valence-electron chi connectivity index (χ4n) is 2.78. The fraction of sp³-hybridized carbons (Fsp3) is 0.167. The van der Waals surface area contributed by atoms with Crippen molar-refractivity contribution < 1.29 is 14.3 Å². The van der Waals surface area contributed by atoms with Crippen LogP contribution in [-0.4, -0.2) is 11.7 Å². The van der Waals surface area contributed by atoms with Crippen LogP contribution in [0.25, 0.3) is 0 Å². The SMILES string of the molecule is O=C(CCCC(=O)c1ccccc1)Nc1ccc(OCc2ccc(Cl)cc2)cc1. The number of carbonyl (C=O) groups is 2. The Hall–Kier alpha value is -3.11. The number of rotatable bonds is 9. The highest BCUT2D eigenvalue weighted by atomic mass is 35.5. The minimum atomic E-state index is -0.110. The van der Waals surface area contributed by atoms with Crippen LogP contribution in [0.5, 0.6) is 5.75 Å². The van der Waals surface area contributed by atoms with Gasteiger partial charge in [-0.3, -0.25) is 9.59 Å². The van der Waals surface area contributed by atoms with Gasteiger partial charge in [-0.2, -0.15) is 0 Å². The highest BCUT2D eigenvalue weighted by molar-refractivity contribution is 6.30. The number of benzene rings is 3. The van der Waals surface area contributed by atoms with Crippen molar-refractivity contribution in [1.82, 2.24) is 0 Å². The summed E-state index contributed by atoms with van der Waals surface area (Å²) in [7, 11) is 0. The second kappa shape index (κ2) is 10.4. The van der Waals surface area contributed by atoms with Gasteiger partial charge in [0.25, 0.3) is 0 Å². The molecule has 0 saturated carbocycles. The molecule has 0 bridgehead atoms. The molecule has 0 aliphatic rings. The molecule has 0 unspecified atom stereocenters. The largest absolute Gasteiger partial charge is 0.489 e. The maximum atomic E-state index is 12.1. The van der Waals surface area contributed by atoms with Crippen LogP contribution in [0.1, 0.15) is 35.2 Å². The number of anilines is 1. The molecule has 29 heavy (non-hydrogen) atoms. The zero-order valence-electron chi connectivity index (χ0n) is 15.9. The number of amides is 1. The predicted molar refractivity (Wildman–Crippen MR) is 115 cm³/mol. The second-order valence-corrected chi connectivity index (χ2v) is 7.07. The molecular formula is C24H22ClNO3. The normalized spacial score (nSPS) is 10.4. The minimum Gasteiger partial charge on any atom is -0.489 e. The van der Waals surface area contributed by atoms with E-state index in [-0.39, 0.29) is 11.7 Å². The molecule has 4 nitrogen and oxygen atoms in total. The number of Topliss-reactive ketones (excluding diaryl/α,β-unsaturated/α-hetero) is 1. The smallest absolute Gasteiger partial charge is 0.224 e. The van der Waals surface area contributed by atoms with Gasteiger partial charge >= 0.3 is 0 Å². The van der Waals surface area contributed by atoms with Crippen LogP contribution in [0, 0.1) is 0 Å². The van der Waals surface area contributed by atoms with Gasteiger partial charge in [-0.25, -0.2) is 0 Å². The van der Waals surface area contributed by atoms with Crippen LogP contribution in [0.2, 0.25) is 5.02 Å². The van der Waals surface area contributed by atoms with Gasteiger partial charge in [0.05, 0.1) is 0 Å². The Labute approximate surface area is 175 Å². The van der Waals surface area contributed by atoms with Crippen LogP contribution in [0.4, 0.5) is 5.69 Å². The Balaban J connectivity index is 1.40. The van der Waals surface area contributed by atoms with E-state index < -0.39 is 0 Å². The number of hydrogen-bond acceptors (Lipinski definition) is 3. The molecule has 3 aromatic carbocycles. The Morgan fingerprint density at radius 1 is 0.828 bits per heavy atom. The van der Waals surface area contributed by atoms with Crippen molar-refractivity contribution in [2.45, 2.75) is 25.9 Å². The summed E-state index contributed by atoms with van der Waals surface area (Å²) in [5.41, 5.74) is 2.40. The molecule has 0 atom stereocenters. The number of carbonyl (C=O) groups excluding carboxylic acids is 2. The highest BCUT2D eigenvalue weighted by Crippen LogP contribution is 2.18. The Morgan fingerprint density at radius 3 is 2.21 bits per heavy atom. The third-order valence-electron chi connectivity index (χ3n) is 4.36. The van der Waals surface area contributed by atoms with Crippen molar-refractivity contribution >= 4 is 29.0 Å². The van der Waals surface area contributed by atoms with Crippen molar-refractivity contribution in [2.24, 2.45) is 0 Å². The second-order valence-electron chi connectivity index (χ2n) is 6.63. The minimum absolute atomic E-state index is 0.0561. The predicted octanol–water partition coefficient (Wildman–Crippen LogP) is 5.91. The molecule has 0 spiro atoms. The van der Waals surface area contributed by atoms with E-state index >= 15 is 0 Å². The zero-order valence-corrected chi connectivity index (χ0v) is 16.7. The quantitative estimate of drug-likeness (QED) is 0.448. The van der Waals surface area contributed by atoms with Gasteiger partial charge in [-0.15, -0.1) is 0 Å². The molecule has 1 amide bonds.